The highest BCUT2D eigenvalue weighted by Crippen LogP contribution is 2.32. The van der Waals surface area contributed by atoms with Crippen LogP contribution in [-0.4, -0.2) is 35.5 Å². The van der Waals surface area contributed by atoms with Crippen LogP contribution in [0, 0.1) is 0 Å². The van der Waals surface area contributed by atoms with Gasteiger partial charge in [0, 0.05) is 5.56 Å². The molecule has 1 aliphatic heterocycles. The number of nitrogens with zero attached hydrogens (tertiary/aromatic N) is 2. The lowest BCUT2D eigenvalue weighted by molar-refractivity contribution is -0.125. The summed E-state index contributed by atoms with van der Waals surface area (Å²) in [5, 5.41) is 10.4. The maximum atomic E-state index is 12.6. The van der Waals surface area contributed by atoms with Gasteiger partial charge < -0.3 is 19.5 Å². The summed E-state index contributed by atoms with van der Waals surface area (Å²) in [6, 6.07) is 14.6. The van der Waals surface area contributed by atoms with Gasteiger partial charge >= 0.3 is 0 Å². The Balaban J connectivity index is 1.42. The summed E-state index contributed by atoms with van der Waals surface area (Å²) in [5.74, 6) is 1.74. The van der Waals surface area contributed by atoms with Crippen LogP contribution in [0.4, 0.5) is 5.82 Å². The van der Waals surface area contributed by atoms with E-state index in [1.165, 1.54) is 0 Å². The zero-order valence-corrected chi connectivity index (χ0v) is 16.0. The van der Waals surface area contributed by atoms with Gasteiger partial charge in [-0.05, 0) is 53.1 Å². The van der Waals surface area contributed by atoms with E-state index < -0.39 is 12.0 Å². The van der Waals surface area contributed by atoms with E-state index in [-0.39, 0.29) is 12.4 Å². The summed E-state index contributed by atoms with van der Waals surface area (Å²) < 4.78 is 21.8. The third-order valence-corrected chi connectivity index (χ3v) is 4.43. The molecule has 0 aliphatic carbocycles. The lowest BCUT2D eigenvalue weighted by atomic mass is 10.1. The van der Waals surface area contributed by atoms with E-state index in [4.69, 9.17) is 18.8 Å². The molecular weight excluding hydrogens is 374 g/mol. The number of aromatic nitrogens is 2. The van der Waals surface area contributed by atoms with E-state index in [2.05, 4.69) is 22.6 Å². The molecule has 1 aliphatic rings. The molecule has 0 unspecified atom stereocenters. The number of benzene rings is 2. The largest absolute Gasteiger partial charge is 0.494 e. The van der Waals surface area contributed by atoms with Crippen molar-refractivity contribution in [2.24, 2.45) is 0 Å². The summed E-state index contributed by atoms with van der Waals surface area (Å²) in [6.45, 7) is 2.89. The van der Waals surface area contributed by atoms with Crippen molar-refractivity contribution in [3.05, 3.63) is 48.5 Å². The average molecular weight is 395 g/mol. The number of hydrogen-bond acceptors (Lipinski definition) is 7. The Labute approximate surface area is 167 Å². The fourth-order valence-electron chi connectivity index (χ4n) is 2.85. The second kappa shape index (κ2) is 8.64. The lowest BCUT2D eigenvalue weighted by Gasteiger charge is -2.25. The third kappa shape index (κ3) is 4.31. The lowest BCUT2D eigenvalue weighted by Crippen LogP contribution is -2.40. The molecule has 1 aromatic heterocycles. The molecule has 0 saturated carbocycles. The maximum absolute atomic E-state index is 12.6. The van der Waals surface area contributed by atoms with Crippen LogP contribution in [0.1, 0.15) is 19.8 Å². The third-order valence-electron chi connectivity index (χ3n) is 4.43. The number of para-hydroxylation sites is 2. The first-order chi connectivity index (χ1) is 14.2. The van der Waals surface area contributed by atoms with Gasteiger partial charge in [0.05, 0.1) is 6.61 Å². The number of ether oxygens (including phenoxy) is 3. The summed E-state index contributed by atoms with van der Waals surface area (Å²) in [5.41, 5.74) is 1.17. The fraction of sp³-hybridized carbons (Fsp3) is 0.286. The number of unbranched alkanes of at least 4 members (excludes halogenated alkanes) is 1. The number of rotatable bonds is 7. The summed E-state index contributed by atoms with van der Waals surface area (Å²) in [6.07, 6.45) is 1.28. The van der Waals surface area contributed by atoms with Crippen LogP contribution in [0.15, 0.2) is 53.2 Å². The van der Waals surface area contributed by atoms with Gasteiger partial charge in [0.15, 0.2) is 17.2 Å². The number of amides is 1. The Morgan fingerprint density at radius 2 is 1.93 bits per heavy atom. The predicted molar refractivity (Wildman–Crippen MR) is 105 cm³/mol. The van der Waals surface area contributed by atoms with Crippen molar-refractivity contribution in [1.82, 2.24) is 10.3 Å². The van der Waals surface area contributed by atoms with Crippen molar-refractivity contribution in [2.75, 3.05) is 18.5 Å². The SMILES string of the molecule is CCCCOc1ccc(-c2nonc2NC(=O)[C@H]2COc3ccccc3O2)cc1. The maximum Gasteiger partial charge on any atom is 0.270 e. The Hall–Kier alpha value is -3.55. The van der Waals surface area contributed by atoms with Crippen molar-refractivity contribution in [3.8, 4) is 28.5 Å². The van der Waals surface area contributed by atoms with E-state index in [0.717, 1.165) is 24.2 Å². The molecule has 1 atom stereocenters. The van der Waals surface area contributed by atoms with Gasteiger partial charge in [0.2, 0.25) is 11.9 Å². The van der Waals surface area contributed by atoms with Crippen LogP contribution in [-0.2, 0) is 4.79 Å². The number of anilines is 1. The summed E-state index contributed by atoms with van der Waals surface area (Å²) in [7, 11) is 0. The highest BCUT2D eigenvalue weighted by Gasteiger charge is 2.29. The highest BCUT2D eigenvalue weighted by molar-refractivity contribution is 5.96. The van der Waals surface area contributed by atoms with Gasteiger partial charge in [0.1, 0.15) is 12.4 Å². The molecular formula is C21H21N3O5. The Morgan fingerprint density at radius 1 is 1.14 bits per heavy atom. The van der Waals surface area contributed by atoms with Gasteiger partial charge in [-0.2, -0.15) is 0 Å². The molecule has 4 rings (SSSR count). The zero-order chi connectivity index (χ0) is 20.1. The molecule has 2 aromatic carbocycles. The Kier molecular flexibility index (Phi) is 5.60. The minimum atomic E-state index is -0.802. The molecule has 1 amide bonds. The molecule has 0 fully saturated rings. The zero-order valence-electron chi connectivity index (χ0n) is 16.0. The second-order valence-electron chi connectivity index (χ2n) is 6.54. The predicted octanol–water partition coefficient (Wildman–Crippen LogP) is 3.69. The van der Waals surface area contributed by atoms with Gasteiger partial charge in [-0.15, -0.1) is 0 Å². The summed E-state index contributed by atoms with van der Waals surface area (Å²) in [4.78, 5) is 12.6. The molecule has 1 N–H and O–H groups in total. The average Bonchev–Trinajstić information content (AvgIpc) is 3.22. The number of nitrogens with one attached hydrogen (secondary N) is 1. The number of carbonyl (C=O) groups is 1. The monoisotopic (exact) mass is 395 g/mol. The van der Waals surface area contributed by atoms with Crippen LogP contribution in [0.3, 0.4) is 0 Å². The quantitative estimate of drug-likeness (QED) is 0.610. The van der Waals surface area contributed by atoms with E-state index in [9.17, 15) is 4.79 Å². The Morgan fingerprint density at radius 3 is 2.72 bits per heavy atom. The molecule has 8 heteroatoms. The Bertz CT molecular complexity index is 970. The normalized spacial score (nSPS) is 15.0. The number of carbonyl (C=O) groups excluding carboxylic acids is 1. The summed E-state index contributed by atoms with van der Waals surface area (Å²) >= 11 is 0. The van der Waals surface area contributed by atoms with Crippen molar-refractivity contribution >= 4 is 11.7 Å². The topological polar surface area (TPSA) is 95.7 Å². The molecule has 0 saturated heterocycles. The first kappa shape index (κ1) is 18.8. The van der Waals surface area contributed by atoms with Gasteiger partial charge in [-0.1, -0.05) is 25.5 Å². The van der Waals surface area contributed by atoms with E-state index >= 15 is 0 Å². The molecule has 150 valence electrons. The van der Waals surface area contributed by atoms with Crippen molar-refractivity contribution in [1.29, 1.82) is 0 Å². The molecule has 8 nitrogen and oxygen atoms in total. The minimum absolute atomic E-state index is 0.104. The minimum Gasteiger partial charge on any atom is -0.494 e. The van der Waals surface area contributed by atoms with Crippen LogP contribution in [0.5, 0.6) is 17.2 Å². The first-order valence-electron chi connectivity index (χ1n) is 9.49. The smallest absolute Gasteiger partial charge is 0.270 e. The first-order valence-corrected chi connectivity index (χ1v) is 9.49. The van der Waals surface area contributed by atoms with Gasteiger partial charge in [0.25, 0.3) is 5.91 Å². The van der Waals surface area contributed by atoms with Crippen molar-refractivity contribution < 1.29 is 23.6 Å². The highest BCUT2D eigenvalue weighted by atomic mass is 16.6. The standard InChI is InChI=1S/C21H21N3O5/c1-2-3-12-26-15-10-8-14(9-11-15)19-20(24-29-23-19)22-21(25)18-13-27-16-6-4-5-7-17(16)28-18/h4-11,18H,2-3,12-13H2,1H3,(H,22,24,25)/t18-/m1/s1. The van der Waals surface area contributed by atoms with Crippen LogP contribution < -0.4 is 19.5 Å². The molecule has 0 bridgehead atoms. The number of fused-ring (bicyclic) bond motifs is 1. The van der Waals surface area contributed by atoms with Crippen LogP contribution >= 0.6 is 0 Å². The molecule has 0 radical (unpaired) electrons. The van der Waals surface area contributed by atoms with Gasteiger partial charge in [-0.25, -0.2) is 4.63 Å². The number of hydrogen-bond donors (Lipinski definition) is 1. The molecule has 29 heavy (non-hydrogen) atoms. The van der Waals surface area contributed by atoms with Crippen LogP contribution in [0.25, 0.3) is 11.3 Å². The second-order valence-corrected chi connectivity index (χ2v) is 6.54. The molecule has 2 heterocycles. The molecule has 3 aromatic rings. The van der Waals surface area contributed by atoms with E-state index in [1.54, 1.807) is 12.1 Å². The van der Waals surface area contributed by atoms with Crippen molar-refractivity contribution in [3.63, 3.8) is 0 Å². The van der Waals surface area contributed by atoms with E-state index in [1.807, 2.05) is 36.4 Å². The van der Waals surface area contributed by atoms with Crippen molar-refractivity contribution in [2.45, 2.75) is 25.9 Å². The fourth-order valence-corrected chi connectivity index (χ4v) is 2.85. The van der Waals surface area contributed by atoms with Gasteiger partial charge in [-0.3, -0.25) is 4.79 Å². The van der Waals surface area contributed by atoms with Crippen LogP contribution in [0.2, 0.25) is 0 Å². The molecule has 0 spiro atoms. The van der Waals surface area contributed by atoms with E-state index in [0.29, 0.717) is 23.8 Å².